The zero-order chi connectivity index (χ0) is 23.5. The van der Waals surface area contributed by atoms with Gasteiger partial charge in [0.15, 0.2) is 0 Å². The maximum absolute atomic E-state index is 12.9. The molecule has 1 aliphatic rings. The molecule has 1 saturated heterocycles. The summed E-state index contributed by atoms with van der Waals surface area (Å²) in [5, 5.41) is 2.17. The molecule has 0 radical (unpaired) electrons. The smallest absolute Gasteiger partial charge is 0.338 e. The number of hydrogen-bond acceptors (Lipinski definition) is 6. The lowest BCUT2D eigenvalue weighted by Crippen LogP contribution is -2.54. The second-order valence-corrected chi connectivity index (χ2v) is 7.85. The van der Waals surface area contributed by atoms with E-state index in [1.165, 1.54) is 6.08 Å². The van der Waals surface area contributed by atoms with Crippen molar-refractivity contribution >= 4 is 51.5 Å². The monoisotopic (exact) mass is 508 g/mol. The number of rotatable bonds is 5. The molecule has 1 aliphatic heterocycles. The summed E-state index contributed by atoms with van der Waals surface area (Å²) >= 11 is 3.30. The number of ether oxygens (including phenoxy) is 1. The first kappa shape index (κ1) is 22.2. The first-order valence-electron chi connectivity index (χ1n) is 9.92. The molecule has 166 valence electrons. The highest BCUT2D eigenvalue weighted by Gasteiger charge is 2.37. The van der Waals surface area contributed by atoms with Crippen LogP contribution >= 0.6 is 15.9 Å². The van der Waals surface area contributed by atoms with E-state index in [-0.39, 0.29) is 17.9 Å². The van der Waals surface area contributed by atoms with Gasteiger partial charge in [0.25, 0.3) is 11.8 Å². The van der Waals surface area contributed by atoms with Gasteiger partial charge in [-0.1, -0.05) is 28.1 Å². The molecule has 0 unspecified atom stereocenters. The molecule has 1 aromatic heterocycles. The summed E-state index contributed by atoms with van der Waals surface area (Å²) in [5.41, 5.74) is 1.19. The van der Waals surface area contributed by atoms with Gasteiger partial charge in [0.05, 0.1) is 17.9 Å². The van der Waals surface area contributed by atoms with E-state index in [4.69, 9.17) is 9.15 Å². The number of hydrogen-bond donors (Lipinski definition) is 1. The van der Waals surface area contributed by atoms with Crippen molar-refractivity contribution in [1.29, 1.82) is 0 Å². The van der Waals surface area contributed by atoms with Crippen LogP contribution in [0.3, 0.4) is 0 Å². The fraction of sp³-hybridized carbons (Fsp3) is 0.0833. The number of nitrogens with one attached hydrogen (secondary N) is 1. The van der Waals surface area contributed by atoms with Crippen molar-refractivity contribution in [3.63, 3.8) is 0 Å². The normalized spacial score (nSPS) is 15.0. The molecule has 1 fully saturated rings. The van der Waals surface area contributed by atoms with Crippen LogP contribution in [-0.4, -0.2) is 30.4 Å². The third kappa shape index (κ3) is 4.63. The van der Waals surface area contributed by atoms with Crippen molar-refractivity contribution in [3.05, 3.63) is 82.0 Å². The fourth-order valence-electron chi connectivity index (χ4n) is 3.19. The third-order valence-electron chi connectivity index (χ3n) is 4.78. The Morgan fingerprint density at radius 3 is 2.39 bits per heavy atom. The lowest BCUT2D eigenvalue weighted by molar-refractivity contribution is -0.122. The molecule has 0 saturated carbocycles. The molecule has 33 heavy (non-hydrogen) atoms. The van der Waals surface area contributed by atoms with Crippen molar-refractivity contribution in [2.24, 2.45) is 0 Å². The number of carbonyl (C=O) groups excluding carboxylic acids is 4. The van der Waals surface area contributed by atoms with Crippen LogP contribution in [0.5, 0.6) is 0 Å². The van der Waals surface area contributed by atoms with Crippen LogP contribution in [0.1, 0.15) is 23.0 Å². The molecule has 4 rings (SSSR count). The van der Waals surface area contributed by atoms with Crippen LogP contribution in [0.15, 0.2) is 75.1 Å². The van der Waals surface area contributed by atoms with E-state index in [9.17, 15) is 19.2 Å². The van der Waals surface area contributed by atoms with Crippen LogP contribution < -0.4 is 10.2 Å². The van der Waals surface area contributed by atoms with Gasteiger partial charge in [-0.15, -0.1) is 0 Å². The minimum Gasteiger partial charge on any atom is -0.462 e. The van der Waals surface area contributed by atoms with Crippen molar-refractivity contribution in [2.75, 3.05) is 11.5 Å². The van der Waals surface area contributed by atoms with Gasteiger partial charge >= 0.3 is 12.0 Å². The molecule has 0 atom stereocenters. The number of halogens is 1. The van der Waals surface area contributed by atoms with Gasteiger partial charge in [-0.25, -0.2) is 14.5 Å². The molecule has 0 aliphatic carbocycles. The van der Waals surface area contributed by atoms with Crippen molar-refractivity contribution in [3.8, 4) is 11.3 Å². The lowest BCUT2D eigenvalue weighted by atomic mass is 10.1. The number of benzene rings is 2. The van der Waals surface area contributed by atoms with E-state index in [0.29, 0.717) is 22.6 Å². The van der Waals surface area contributed by atoms with Crippen molar-refractivity contribution in [1.82, 2.24) is 5.32 Å². The summed E-state index contributed by atoms with van der Waals surface area (Å²) in [4.78, 5) is 50.3. The lowest BCUT2D eigenvalue weighted by Gasteiger charge is -2.26. The van der Waals surface area contributed by atoms with Crippen LogP contribution in [0, 0.1) is 0 Å². The Morgan fingerprint density at radius 1 is 1.03 bits per heavy atom. The number of esters is 1. The minimum atomic E-state index is -0.828. The number of anilines is 1. The summed E-state index contributed by atoms with van der Waals surface area (Å²) in [5.74, 6) is -1.26. The van der Waals surface area contributed by atoms with Crippen molar-refractivity contribution in [2.45, 2.75) is 6.92 Å². The molecule has 0 spiro atoms. The number of urea groups is 1. The predicted octanol–water partition coefficient (Wildman–Crippen LogP) is 4.55. The zero-order valence-corrected chi connectivity index (χ0v) is 18.9. The first-order chi connectivity index (χ1) is 15.9. The molecule has 2 aromatic carbocycles. The van der Waals surface area contributed by atoms with Gasteiger partial charge in [-0.2, -0.15) is 0 Å². The van der Waals surface area contributed by atoms with E-state index in [1.807, 2.05) is 0 Å². The molecular formula is C24H17BrN2O6. The Labute approximate surface area is 197 Å². The van der Waals surface area contributed by atoms with Gasteiger partial charge in [0.1, 0.15) is 17.1 Å². The Kier molecular flexibility index (Phi) is 6.23. The Morgan fingerprint density at radius 2 is 1.73 bits per heavy atom. The first-order valence-corrected chi connectivity index (χ1v) is 10.7. The van der Waals surface area contributed by atoms with Gasteiger partial charge in [-0.05, 0) is 61.5 Å². The van der Waals surface area contributed by atoms with E-state index in [2.05, 4.69) is 21.2 Å². The highest BCUT2D eigenvalue weighted by Crippen LogP contribution is 2.27. The van der Waals surface area contributed by atoms with Crippen LogP contribution in [0.4, 0.5) is 10.5 Å². The van der Waals surface area contributed by atoms with Gasteiger partial charge in [-0.3, -0.25) is 14.9 Å². The minimum absolute atomic E-state index is 0.240. The Bertz CT molecular complexity index is 1280. The number of amides is 4. The molecule has 1 N–H and O–H groups in total. The highest BCUT2D eigenvalue weighted by molar-refractivity contribution is 9.10. The molecule has 4 amide bonds. The second-order valence-electron chi connectivity index (χ2n) is 6.93. The molecule has 3 aromatic rings. The number of carbonyl (C=O) groups is 4. The number of furan rings is 1. The molecule has 0 bridgehead atoms. The molecule has 9 heteroatoms. The molecule has 8 nitrogen and oxygen atoms in total. The Balaban J connectivity index is 1.59. The maximum atomic E-state index is 12.9. The highest BCUT2D eigenvalue weighted by atomic mass is 79.9. The summed E-state index contributed by atoms with van der Waals surface area (Å²) < 4.78 is 11.5. The van der Waals surface area contributed by atoms with Gasteiger partial charge < -0.3 is 9.15 Å². The Hall–Kier alpha value is -3.98. The third-order valence-corrected chi connectivity index (χ3v) is 5.31. The summed E-state index contributed by atoms with van der Waals surface area (Å²) in [7, 11) is 0. The van der Waals surface area contributed by atoms with E-state index >= 15 is 0 Å². The standard InChI is InChI=1S/C24H17BrN2O6/c1-2-32-23(30)15-5-3-14(4-6-15)20-12-11-18(33-20)13-19-21(28)26-24(31)27(22(19)29)17-9-7-16(25)8-10-17/h3-13H,2H2,1H3,(H,26,28,31)/b19-13+. The van der Waals surface area contributed by atoms with E-state index < -0.39 is 23.8 Å². The quantitative estimate of drug-likeness (QED) is 0.307. The molecular weight excluding hydrogens is 492 g/mol. The average Bonchev–Trinajstić information content (AvgIpc) is 3.27. The number of nitrogens with zero attached hydrogens (tertiary/aromatic N) is 1. The largest absolute Gasteiger partial charge is 0.462 e. The van der Waals surface area contributed by atoms with Crippen molar-refractivity contribution < 1.29 is 28.3 Å². The average molecular weight is 509 g/mol. The maximum Gasteiger partial charge on any atom is 0.338 e. The number of barbiturate groups is 1. The topological polar surface area (TPSA) is 106 Å². The fourth-order valence-corrected chi connectivity index (χ4v) is 3.46. The number of imide groups is 2. The van der Waals surface area contributed by atoms with E-state index in [1.54, 1.807) is 67.6 Å². The second kappa shape index (κ2) is 9.25. The van der Waals surface area contributed by atoms with Gasteiger partial charge in [0.2, 0.25) is 0 Å². The molecule has 2 heterocycles. The van der Waals surface area contributed by atoms with Crippen LogP contribution in [0.25, 0.3) is 17.4 Å². The van der Waals surface area contributed by atoms with E-state index in [0.717, 1.165) is 9.37 Å². The van der Waals surface area contributed by atoms with Gasteiger partial charge in [0, 0.05) is 10.0 Å². The SMILES string of the molecule is CCOC(=O)c1ccc(-c2ccc(/C=C3\C(=O)NC(=O)N(c4ccc(Br)cc4)C3=O)o2)cc1. The summed E-state index contributed by atoms with van der Waals surface area (Å²) in [6.45, 7) is 2.02. The summed E-state index contributed by atoms with van der Waals surface area (Å²) in [6.07, 6.45) is 1.28. The van der Waals surface area contributed by atoms with Crippen LogP contribution in [0.2, 0.25) is 0 Å². The summed E-state index contributed by atoms with van der Waals surface area (Å²) in [6, 6.07) is 15.6. The zero-order valence-electron chi connectivity index (χ0n) is 17.3. The predicted molar refractivity (Wildman–Crippen MR) is 123 cm³/mol. The van der Waals surface area contributed by atoms with Crippen LogP contribution in [-0.2, 0) is 14.3 Å².